The average molecular weight is 316 g/mol. The van der Waals surface area contributed by atoms with Gasteiger partial charge in [0.15, 0.2) is 0 Å². The SMILES string of the molecule is CCOC(=O)[C@H](CC(C)C)NCCN(C)C(=O)OC(C)(C)C. The predicted molar refractivity (Wildman–Crippen MR) is 86.7 cm³/mol. The van der Waals surface area contributed by atoms with Crippen LogP contribution in [0.3, 0.4) is 0 Å². The quantitative estimate of drug-likeness (QED) is 0.697. The van der Waals surface area contributed by atoms with Crippen molar-refractivity contribution in [2.24, 2.45) is 5.92 Å². The molecule has 1 atom stereocenters. The molecule has 6 nitrogen and oxygen atoms in total. The van der Waals surface area contributed by atoms with Gasteiger partial charge in [-0.3, -0.25) is 4.79 Å². The highest BCUT2D eigenvalue weighted by atomic mass is 16.6. The molecule has 0 spiro atoms. The first-order valence-electron chi connectivity index (χ1n) is 7.91. The first kappa shape index (κ1) is 20.7. The standard InChI is InChI=1S/C16H32N2O4/c1-8-21-14(19)13(11-12(2)3)17-9-10-18(7)15(20)22-16(4,5)6/h12-13,17H,8-11H2,1-7H3/t13-/m0/s1. The Morgan fingerprint density at radius 1 is 1.23 bits per heavy atom. The van der Waals surface area contributed by atoms with Gasteiger partial charge in [-0.15, -0.1) is 0 Å². The highest BCUT2D eigenvalue weighted by Gasteiger charge is 2.22. The van der Waals surface area contributed by atoms with E-state index < -0.39 is 5.60 Å². The van der Waals surface area contributed by atoms with E-state index in [0.29, 0.717) is 32.0 Å². The summed E-state index contributed by atoms with van der Waals surface area (Å²) in [4.78, 5) is 25.2. The Hall–Kier alpha value is -1.30. The molecule has 0 aliphatic heterocycles. The molecule has 0 aromatic rings. The molecule has 0 saturated carbocycles. The molecule has 1 amide bonds. The molecule has 0 heterocycles. The normalized spacial score (nSPS) is 12.9. The smallest absolute Gasteiger partial charge is 0.410 e. The lowest BCUT2D eigenvalue weighted by atomic mass is 10.0. The summed E-state index contributed by atoms with van der Waals surface area (Å²) in [6.07, 6.45) is 0.334. The summed E-state index contributed by atoms with van der Waals surface area (Å²) in [5.74, 6) is 0.140. The van der Waals surface area contributed by atoms with Gasteiger partial charge in [0.2, 0.25) is 0 Å². The Bertz CT molecular complexity index is 351. The number of hydrogen-bond donors (Lipinski definition) is 1. The number of rotatable bonds is 8. The molecule has 0 aliphatic carbocycles. The summed E-state index contributed by atoms with van der Waals surface area (Å²) in [6.45, 7) is 12.7. The number of amides is 1. The van der Waals surface area contributed by atoms with Crippen LogP contribution in [0.5, 0.6) is 0 Å². The number of nitrogens with one attached hydrogen (secondary N) is 1. The van der Waals surface area contributed by atoms with Crippen LogP contribution in [0.2, 0.25) is 0 Å². The lowest BCUT2D eigenvalue weighted by molar-refractivity contribution is -0.146. The van der Waals surface area contributed by atoms with E-state index in [1.54, 1.807) is 14.0 Å². The third kappa shape index (κ3) is 9.60. The Labute approximate surface area is 134 Å². The minimum absolute atomic E-state index is 0.240. The zero-order chi connectivity index (χ0) is 17.3. The average Bonchev–Trinajstić information content (AvgIpc) is 2.35. The lowest BCUT2D eigenvalue weighted by Crippen LogP contribution is -2.44. The van der Waals surface area contributed by atoms with Crippen molar-refractivity contribution in [2.75, 3.05) is 26.7 Å². The van der Waals surface area contributed by atoms with E-state index in [-0.39, 0.29) is 18.1 Å². The number of likely N-dealkylation sites (N-methyl/N-ethyl adjacent to an activating group) is 1. The van der Waals surface area contributed by atoms with Crippen LogP contribution in [0.25, 0.3) is 0 Å². The van der Waals surface area contributed by atoms with E-state index in [4.69, 9.17) is 9.47 Å². The van der Waals surface area contributed by atoms with Crippen molar-refractivity contribution in [3.63, 3.8) is 0 Å². The van der Waals surface area contributed by atoms with E-state index in [0.717, 1.165) is 0 Å². The van der Waals surface area contributed by atoms with Crippen molar-refractivity contribution in [3.05, 3.63) is 0 Å². The van der Waals surface area contributed by atoms with Crippen LogP contribution in [-0.2, 0) is 14.3 Å². The van der Waals surface area contributed by atoms with Gasteiger partial charge >= 0.3 is 12.1 Å². The summed E-state index contributed by atoms with van der Waals surface area (Å²) >= 11 is 0. The van der Waals surface area contributed by atoms with Crippen molar-refractivity contribution in [1.82, 2.24) is 10.2 Å². The second-order valence-corrected chi connectivity index (χ2v) is 6.79. The third-order valence-corrected chi connectivity index (χ3v) is 2.82. The van der Waals surface area contributed by atoms with Crippen LogP contribution in [0.1, 0.15) is 48.0 Å². The molecule has 0 aliphatic rings. The fraction of sp³-hybridized carbons (Fsp3) is 0.875. The molecule has 1 N–H and O–H groups in total. The van der Waals surface area contributed by atoms with Gasteiger partial charge < -0.3 is 19.7 Å². The Balaban J connectivity index is 4.31. The fourth-order valence-electron chi connectivity index (χ4n) is 1.81. The second kappa shape index (κ2) is 9.66. The van der Waals surface area contributed by atoms with E-state index in [9.17, 15) is 9.59 Å². The Morgan fingerprint density at radius 2 is 1.82 bits per heavy atom. The summed E-state index contributed by atoms with van der Waals surface area (Å²) in [6, 6.07) is -0.341. The number of nitrogens with zero attached hydrogens (tertiary/aromatic N) is 1. The second-order valence-electron chi connectivity index (χ2n) is 6.79. The molecule has 0 unspecified atom stereocenters. The Morgan fingerprint density at radius 3 is 2.27 bits per heavy atom. The minimum Gasteiger partial charge on any atom is -0.465 e. The predicted octanol–water partition coefficient (Wildman–Crippen LogP) is 2.42. The molecule has 0 fully saturated rings. The maximum Gasteiger partial charge on any atom is 0.410 e. The molecule has 0 bridgehead atoms. The number of carbonyl (C=O) groups is 2. The van der Waals surface area contributed by atoms with Gasteiger partial charge in [-0.25, -0.2) is 4.79 Å². The molecule has 0 aromatic heterocycles. The molecule has 0 saturated heterocycles. The van der Waals surface area contributed by atoms with Crippen LogP contribution in [0.4, 0.5) is 4.79 Å². The maximum absolute atomic E-state index is 11.9. The Kier molecular flexibility index (Phi) is 9.09. The van der Waals surface area contributed by atoms with Crippen LogP contribution >= 0.6 is 0 Å². The summed E-state index contributed by atoms with van der Waals surface area (Å²) in [5.41, 5.74) is -0.510. The van der Waals surface area contributed by atoms with Gasteiger partial charge in [0, 0.05) is 20.1 Å². The van der Waals surface area contributed by atoms with Crippen LogP contribution < -0.4 is 5.32 Å². The van der Waals surface area contributed by atoms with Crippen molar-refractivity contribution in [3.8, 4) is 0 Å². The first-order valence-corrected chi connectivity index (χ1v) is 7.91. The first-order chi connectivity index (χ1) is 10.1. The fourth-order valence-corrected chi connectivity index (χ4v) is 1.81. The van der Waals surface area contributed by atoms with Crippen LogP contribution in [-0.4, -0.2) is 55.3 Å². The highest BCUT2D eigenvalue weighted by Crippen LogP contribution is 2.09. The molecule has 22 heavy (non-hydrogen) atoms. The summed E-state index contributed by atoms with van der Waals surface area (Å²) in [7, 11) is 1.68. The van der Waals surface area contributed by atoms with E-state index in [1.165, 1.54) is 4.90 Å². The van der Waals surface area contributed by atoms with Crippen LogP contribution in [0, 0.1) is 5.92 Å². The zero-order valence-electron chi connectivity index (χ0n) is 15.1. The largest absolute Gasteiger partial charge is 0.465 e. The van der Waals surface area contributed by atoms with Crippen molar-refractivity contribution < 1.29 is 19.1 Å². The summed E-state index contributed by atoms with van der Waals surface area (Å²) < 4.78 is 10.3. The monoisotopic (exact) mass is 316 g/mol. The zero-order valence-corrected chi connectivity index (χ0v) is 15.1. The molecular formula is C16H32N2O4. The van der Waals surface area contributed by atoms with Crippen molar-refractivity contribution in [2.45, 2.75) is 59.6 Å². The highest BCUT2D eigenvalue weighted by molar-refractivity contribution is 5.75. The van der Waals surface area contributed by atoms with Gasteiger partial charge in [0.05, 0.1) is 6.61 Å². The summed E-state index contributed by atoms with van der Waals surface area (Å²) in [5, 5.41) is 3.16. The van der Waals surface area contributed by atoms with Gasteiger partial charge in [-0.1, -0.05) is 13.8 Å². The topological polar surface area (TPSA) is 67.9 Å². The van der Waals surface area contributed by atoms with E-state index in [2.05, 4.69) is 19.2 Å². The maximum atomic E-state index is 11.9. The van der Waals surface area contributed by atoms with Crippen molar-refractivity contribution >= 4 is 12.1 Å². The molecular weight excluding hydrogens is 284 g/mol. The number of esters is 1. The van der Waals surface area contributed by atoms with Gasteiger partial charge in [0.1, 0.15) is 11.6 Å². The minimum atomic E-state index is -0.510. The van der Waals surface area contributed by atoms with Crippen molar-refractivity contribution in [1.29, 1.82) is 0 Å². The lowest BCUT2D eigenvalue weighted by Gasteiger charge is -2.25. The molecule has 130 valence electrons. The number of ether oxygens (including phenoxy) is 2. The molecule has 0 aromatic carbocycles. The van der Waals surface area contributed by atoms with E-state index >= 15 is 0 Å². The molecule has 0 rings (SSSR count). The van der Waals surface area contributed by atoms with Gasteiger partial charge in [-0.2, -0.15) is 0 Å². The molecule has 0 radical (unpaired) electrons. The number of hydrogen-bond acceptors (Lipinski definition) is 5. The molecule has 6 heteroatoms. The van der Waals surface area contributed by atoms with Crippen LogP contribution in [0.15, 0.2) is 0 Å². The number of carbonyl (C=O) groups excluding carboxylic acids is 2. The van der Waals surface area contributed by atoms with Gasteiger partial charge in [0.25, 0.3) is 0 Å². The van der Waals surface area contributed by atoms with E-state index in [1.807, 2.05) is 20.8 Å². The third-order valence-electron chi connectivity index (χ3n) is 2.82. The van der Waals surface area contributed by atoms with Gasteiger partial charge in [-0.05, 0) is 40.0 Å².